The lowest BCUT2D eigenvalue weighted by Gasteiger charge is -2.14. The largest absolute Gasteiger partial charge is 0.332 e. The number of nitrogens with zero attached hydrogens (tertiary/aromatic N) is 4. The molecule has 8 heteroatoms. The molecule has 0 radical (unpaired) electrons. The van der Waals surface area contributed by atoms with Crippen LogP contribution in [0, 0.1) is 5.82 Å². The van der Waals surface area contributed by atoms with E-state index < -0.39 is 11.2 Å². The average molecular weight is 386 g/mol. The highest BCUT2D eigenvalue weighted by Crippen LogP contribution is 2.36. The minimum Gasteiger partial charge on any atom is -0.280 e. The van der Waals surface area contributed by atoms with Crippen molar-refractivity contribution in [3.8, 4) is 11.4 Å². The van der Waals surface area contributed by atoms with E-state index in [9.17, 15) is 14.0 Å². The molecular weight excluding hydrogens is 367 g/mol. The SMILES string of the molecule is Cn1c(=O)c2c(SC3CCCC3)nc(-c3cccc(F)c3)nc2n(C)c1=O. The predicted molar refractivity (Wildman–Crippen MR) is 104 cm³/mol. The van der Waals surface area contributed by atoms with Crippen LogP contribution in [0.1, 0.15) is 25.7 Å². The molecule has 1 aliphatic carbocycles. The number of fused-ring (bicyclic) bond motifs is 1. The van der Waals surface area contributed by atoms with Gasteiger partial charge in [-0.05, 0) is 25.0 Å². The first kappa shape index (κ1) is 17.9. The Balaban J connectivity index is 2.01. The van der Waals surface area contributed by atoms with Gasteiger partial charge in [-0.3, -0.25) is 13.9 Å². The number of hydrogen-bond donors (Lipinski definition) is 0. The second kappa shape index (κ2) is 6.92. The lowest BCUT2D eigenvalue weighted by Crippen LogP contribution is -2.37. The average Bonchev–Trinajstić information content (AvgIpc) is 3.17. The van der Waals surface area contributed by atoms with Crippen molar-refractivity contribution in [2.24, 2.45) is 14.1 Å². The molecule has 0 bridgehead atoms. The minimum absolute atomic E-state index is 0.276. The van der Waals surface area contributed by atoms with E-state index in [1.54, 1.807) is 30.9 Å². The van der Waals surface area contributed by atoms with Crippen LogP contribution in [-0.4, -0.2) is 24.4 Å². The number of hydrogen-bond acceptors (Lipinski definition) is 5. The standard InChI is InChI=1S/C19H19FN4O2S/c1-23-16-14(18(25)24(2)19(23)26)17(27-13-8-3-4-9-13)22-15(21-16)11-6-5-7-12(20)10-11/h5-7,10,13H,3-4,8-9H2,1-2H3. The van der Waals surface area contributed by atoms with Gasteiger partial charge in [-0.15, -0.1) is 11.8 Å². The van der Waals surface area contributed by atoms with Crippen molar-refractivity contribution >= 4 is 22.8 Å². The third-order valence-electron chi connectivity index (χ3n) is 4.93. The van der Waals surface area contributed by atoms with E-state index in [1.807, 2.05) is 0 Å². The smallest absolute Gasteiger partial charge is 0.280 e. The Bertz CT molecular complexity index is 1150. The van der Waals surface area contributed by atoms with Crippen LogP contribution in [0.4, 0.5) is 4.39 Å². The molecule has 0 unspecified atom stereocenters. The van der Waals surface area contributed by atoms with Crippen molar-refractivity contribution in [2.75, 3.05) is 0 Å². The first-order valence-corrected chi connectivity index (χ1v) is 9.74. The summed E-state index contributed by atoms with van der Waals surface area (Å²) in [6.07, 6.45) is 4.46. The fourth-order valence-corrected chi connectivity index (χ4v) is 4.76. The summed E-state index contributed by atoms with van der Waals surface area (Å²) in [5.41, 5.74) is -0.0660. The monoisotopic (exact) mass is 386 g/mol. The highest BCUT2D eigenvalue weighted by atomic mass is 32.2. The van der Waals surface area contributed by atoms with Crippen LogP contribution in [-0.2, 0) is 14.1 Å². The highest BCUT2D eigenvalue weighted by molar-refractivity contribution is 8.00. The summed E-state index contributed by atoms with van der Waals surface area (Å²) < 4.78 is 16.1. The van der Waals surface area contributed by atoms with Crippen LogP contribution in [0.25, 0.3) is 22.4 Å². The van der Waals surface area contributed by atoms with Gasteiger partial charge >= 0.3 is 5.69 Å². The fraction of sp³-hybridized carbons (Fsp3) is 0.368. The second-order valence-electron chi connectivity index (χ2n) is 6.79. The van der Waals surface area contributed by atoms with Gasteiger partial charge in [0.15, 0.2) is 11.5 Å². The van der Waals surface area contributed by atoms with Crippen LogP contribution in [0.15, 0.2) is 38.9 Å². The zero-order chi connectivity index (χ0) is 19.1. The fourth-order valence-electron chi connectivity index (χ4n) is 3.43. The summed E-state index contributed by atoms with van der Waals surface area (Å²) in [5.74, 6) is -0.0789. The van der Waals surface area contributed by atoms with Crippen molar-refractivity contribution in [1.82, 2.24) is 19.1 Å². The molecule has 6 nitrogen and oxygen atoms in total. The van der Waals surface area contributed by atoms with Gasteiger partial charge in [0.25, 0.3) is 5.56 Å². The number of rotatable bonds is 3. The van der Waals surface area contributed by atoms with Crippen molar-refractivity contribution in [3.63, 3.8) is 0 Å². The van der Waals surface area contributed by atoms with Crippen molar-refractivity contribution in [1.29, 1.82) is 0 Å². The molecule has 0 aliphatic heterocycles. The van der Waals surface area contributed by atoms with E-state index in [2.05, 4.69) is 9.97 Å². The molecule has 0 atom stereocenters. The molecule has 1 saturated carbocycles. The molecule has 0 N–H and O–H groups in total. The van der Waals surface area contributed by atoms with Crippen LogP contribution < -0.4 is 11.2 Å². The van der Waals surface area contributed by atoms with Gasteiger partial charge in [0.1, 0.15) is 16.2 Å². The molecule has 2 aromatic heterocycles. The Hall–Kier alpha value is -2.48. The molecule has 1 aromatic carbocycles. The van der Waals surface area contributed by atoms with Crippen LogP contribution >= 0.6 is 11.8 Å². The summed E-state index contributed by atoms with van der Waals surface area (Å²) in [6, 6.07) is 6.01. The van der Waals surface area contributed by atoms with Crippen molar-refractivity contribution in [3.05, 3.63) is 50.9 Å². The van der Waals surface area contributed by atoms with E-state index in [4.69, 9.17) is 0 Å². The first-order chi connectivity index (χ1) is 13.0. The summed E-state index contributed by atoms with van der Waals surface area (Å²) in [7, 11) is 3.03. The second-order valence-corrected chi connectivity index (χ2v) is 8.08. The zero-order valence-corrected chi connectivity index (χ0v) is 15.9. The van der Waals surface area contributed by atoms with E-state index >= 15 is 0 Å². The Kier molecular flexibility index (Phi) is 4.59. The third-order valence-corrected chi connectivity index (χ3v) is 6.25. The highest BCUT2D eigenvalue weighted by Gasteiger charge is 2.23. The maximum atomic E-state index is 13.7. The number of aromatic nitrogens is 4. The molecule has 0 saturated heterocycles. The molecule has 4 rings (SSSR count). The predicted octanol–water partition coefficient (Wildman–Crippen LogP) is 2.87. The molecule has 140 valence electrons. The quantitative estimate of drug-likeness (QED) is 0.648. The topological polar surface area (TPSA) is 69.8 Å². The molecule has 0 spiro atoms. The summed E-state index contributed by atoms with van der Waals surface area (Å²) in [6.45, 7) is 0. The minimum atomic E-state index is -0.451. The third kappa shape index (κ3) is 3.18. The first-order valence-electron chi connectivity index (χ1n) is 8.86. The van der Waals surface area contributed by atoms with Crippen LogP contribution in [0.2, 0.25) is 0 Å². The van der Waals surface area contributed by atoms with Gasteiger partial charge in [-0.25, -0.2) is 19.2 Å². The van der Waals surface area contributed by atoms with E-state index in [0.29, 0.717) is 27.0 Å². The van der Waals surface area contributed by atoms with Gasteiger partial charge in [0.05, 0.1) is 0 Å². The van der Waals surface area contributed by atoms with Gasteiger partial charge < -0.3 is 0 Å². The van der Waals surface area contributed by atoms with Gasteiger partial charge in [-0.1, -0.05) is 25.0 Å². The maximum absolute atomic E-state index is 13.7. The Morgan fingerprint density at radius 1 is 1.11 bits per heavy atom. The molecule has 2 heterocycles. The molecule has 3 aromatic rings. The summed E-state index contributed by atoms with van der Waals surface area (Å²) >= 11 is 1.56. The van der Waals surface area contributed by atoms with Gasteiger partial charge in [-0.2, -0.15) is 0 Å². The lowest BCUT2D eigenvalue weighted by atomic mass is 10.2. The van der Waals surface area contributed by atoms with Gasteiger partial charge in [0.2, 0.25) is 0 Å². The zero-order valence-electron chi connectivity index (χ0n) is 15.1. The van der Waals surface area contributed by atoms with Crippen molar-refractivity contribution in [2.45, 2.75) is 36.0 Å². The van der Waals surface area contributed by atoms with E-state index in [-0.39, 0.29) is 11.5 Å². The molecule has 0 amide bonds. The maximum Gasteiger partial charge on any atom is 0.332 e. The normalized spacial score (nSPS) is 14.9. The van der Waals surface area contributed by atoms with Crippen LogP contribution in [0.5, 0.6) is 0 Å². The van der Waals surface area contributed by atoms with Crippen molar-refractivity contribution < 1.29 is 4.39 Å². The Morgan fingerprint density at radius 3 is 2.56 bits per heavy atom. The van der Waals surface area contributed by atoms with Crippen LogP contribution in [0.3, 0.4) is 0 Å². The summed E-state index contributed by atoms with van der Waals surface area (Å²) in [5, 5.41) is 1.28. The summed E-state index contributed by atoms with van der Waals surface area (Å²) in [4.78, 5) is 34.2. The molecule has 1 aliphatic rings. The van der Waals surface area contributed by atoms with E-state index in [1.165, 1.54) is 23.7 Å². The number of aryl methyl sites for hydroxylation is 1. The Morgan fingerprint density at radius 2 is 1.85 bits per heavy atom. The molecule has 1 fully saturated rings. The van der Waals surface area contributed by atoms with E-state index in [0.717, 1.165) is 30.3 Å². The molecule has 27 heavy (non-hydrogen) atoms. The van der Waals surface area contributed by atoms with Gasteiger partial charge in [0, 0.05) is 24.9 Å². The number of halogens is 1. The number of benzene rings is 1. The molecular formula is C19H19FN4O2S. The number of thioether (sulfide) groups is 1. The Labute approximate surface area is 159 Å². The lowest BCUT2D eigenvalue weighted by molar-refractivity contribution is 0.628.